The first-order valence-corrected chi connectivity index (χ1v) is 9.43. The minimum Gasteiger partial charge on any atom is -0.505 e. The van der Waals surface area contributed by atoms with Crippen LogP contribution in [0.3, 0.4) is 0 Å². The van der Waals surface area contributed by atoms with Gasteiger partial charge in [0.15, 0.2) is 11.6 Å². The molecule has 0 saturated carbocycles. The Balaban J connectivity index is 1.41. The quantitative estimate of drug-likeness (QED) is 0.881. The Hall–Kier alpha value is -1.98. The first kappa shape index (κ1) is 18.8. The smallest absolute Gasteiger partial charge is 0.410 e. The van der Waals surface area contributed by atoms with Crippen LogP contribution in [0, 0.1) is 17.7 Å². The van der Waals surface area contributed by atoms with E-state index in [-0.39, 0.29) is 11.8 Å². The van der Waals surface area contributed by atoms with Crippen LogP contribution in [0.5, 0.6) is 5.75 Å². The van der Waals surface area contributed by atoms with E-state index in [9.17, 15) is 14.3 Å². The molecule has 0 bridgehead atoms. The number of carbonyl (C=O) groups excluding carboxylic acids is 1. The van der Waals surface area contributed by atoms with Gasteiger partial charge in [0.25, 0.3) is 0 Å². The van der Waals surface area contributed by atoms with Crippen LogP contribution in [0.4, 0.5) is 14.9 Å². The van der Waals surface area contributed by atoms with Gasteiger partial charge < -0.3 is 19.6 Å². The average Bonchev–Trinajstić information content (AvgIpc) is 2.52. The summed E-state index contributed by atoms with van der Waals surface area (Å²) in [5.41, 5.74) is 0.0331. The molecule has 2 fully saturated rings. The van der Waals surface area contributed by atoms with E-state index in [2.05, 4.69) is 0 Å². The van der Waals surface area contributed by atoms with Gasteiger partial charge in [-0.2, -0.15) is 0 Å². The molecule has 2 heterocycles. The number of nitrogens with zero attached hydrogens (tertiary/aromatic N) is 2. The number of halogens is 1. The maximum Gasteiger partial charge on any atom is 0.410 e. The lowest BCUT2D eigenvalue weighted by Gasteiger charge is -2.43. The van der Waals surface area contributed by atoms with Gasteiger partial charge in [-0.15, -0.1) is 0 Å². The van der Waals surface area contributed by atoms with E-state index in [0.717, 1.165) is 45.4 Å². The van der Waals surface area contributed by atoms with Gasteiger partial charge in [-0.3, -0.25) is 0 Å². The molecule has 1 amide bonds. The largest absolute Gasteiger partial charge is 0.505 e. The summed E-state index contributed by atoms with van der Waals surface area (Å²) in [5, 5.41) is 9.49. The average molecular weight is 364 g/mol. The molecular weight excluding hydrogens is 335 g/mol. The van der Waals surface area contributed by atoms with Crippen molar-refractivity contribution >= 4 is 11.8 Å². The van der Waals surface area contributed by atoms with Gasteiger partial charge >= 0.3 is 6.09 Å². The summed E-state index contributed by atoms with van der Waals surface area (Å²) >= 11 is 0. The fourth-order valence-electron chi connectivity index (χ4n) is 3.82. The molecule has 2 aliphatic heterocycles. The van der Waals surface area contributed by atoms with Gasteiger partial charge in [0.2, 0.25) is 0 Å². The van der Waals surface area contributed by atoms with E-state index in [0.29, 0.717) is 17.5 Å². The summed E-state index contributed by atoms with van der Waals surface area (Å²) in [7, 11) is 0. The third-order valence-corrected chi connectivity index (χ3v) is 5.19. The fraction of sp³-hybridized carbons (Fsp3) is 0.650. The highest BCUT2D eigenvalue weighted by atomic mass is 19.1. The van der Waals surface area contributed by atoms with Crippen LogP contribution < -0.4 is 4.90 Å². The summed E-state index contributed by atoms with van der Waals surface area (Å²) in [6, 6.07) is 4.76. The first-order valence-electron chi connectivity index (χ1n) is 9.43. The van der Waals surface area contributed by atoms with Crippen molar-refractivity contribution < 1.29 is 19.0 Å². The molecule has 144 valence electrons. The number of hydrogen-bond acceptors (Lipinski definition) is 4. The Bertz CT molecular complexity index is 645. The van der Waals surface area contributed by atoms with E-state index in [4.69, 9.17) is 4.74 Å². The molecule has 2 aliphatic rings. The standard InChI is InChI=1S/C20H29FN2O3/c1-20(2,3)26-19(25)22-9-7-14(8-10-22)11-15-12-23(13-15)16-5-4-6-17(24)18(16)21/h4-6,14-15,24H,7-13H2,1-3H3. The summed E-state index contributed by atoms with van der Waals surface area (Å²) in [5.74, 6) is 0.335. The van der Waals surface area contributed by atoms with Gasteiger partial charge in [0.1, 0.15) is 5.60 Å². The van der Waals surface area contributed by atoms with E-state index >= 15 is 0 Å². The molecule has 0 spiro atoms. The van der Waals surface area contributed by atoms with Crippen LogP contribution in [0.2, 0.25) is 0 Å². The van der Waals surface area contributed by atoms with Crippen LogP contribution in [0.25, 0.3) is 0 Å². The Morgan fingerprint density at radius 3 is 2.50 bits per heavy atom. The van der Waals surface area contributed by atoms with E-state index in [1.54, 1.807) is 17.0 Å². The number of rotatable bonds is 3. The number of phenolic OH excluding ortho intramolecular Hbond substituents is 1. The van der Waals surface area contributed by atoms with Crippen LogP contribution in [0.15, 0.2) is 18.2 Å². The van der Waals surface area contributed by atoms with Gasteiger partial charge in [0.05, 0.1) is 5.69 Å². The zero-order valence-corrected chi connectivity index (χ0v) is 15.9. The second-order valence-corrected chi connectivity index (χ2v) is 8.53. The Morgan fingerprint density at radius 2 is 1.88 bits per heavy atom. The van der Waals surface area contributed by atoms with Crippen molar-refractivity contribution in [2.45, 2.75) is 45.6 Å². The van der Waals surface area contributed by atoms with E-state index < -0.39 is 11.4 Å². The van der Waals surface area contributed by atoms with Crippen molar-refractivity contribution in [3.05, 3.63) is 24.0 Å². The lowest BCUT2D eigenvalue weighted by atomic mass is 9.83. The number of likely N-dealkylation sites (tertiary alicyclic amines) is 1. The molecule has 0 unspecified atom stereocenters. The monoisotopic (exact) mass is 364 g/mol. The lowest BCUT2D eigenvalue weighted by molar-refractivity contribution is 0.0174. The molecule has 2 saturated heterocycles. The highest BCUT2D eigenvalue weighted by molar-refractivity contribution is 5.68. The molecule has 26 heavy (non-hydrogen) atoms. The van der Waals surface area contributed by atoms with Crippen LogP contribution in [0.1, 0.15) is 40.0 Å². The Kier molecular flexibility index (Phi) is 5.30. The highest BCUT2D eigenvalue weighted by Gasteiger charge is 2.33. The maximum atomic E-state index is 14.0. The maximum absolute atomic E-state index is 14.0. The number of benzene rings is 1. The first-order chi connectivity index (χ1) is 12.2. The molecule has 0 aromatic heterocycles. The summed E-state index contributed by atoms with van der Waals surface area (Å²) in [6.07, 6.45) is 2.89. The van der Waals surface area contributed by atoms with Crippen molar-refractivity contribution in [3.8, 4) is 5.75 Å². The topological polar surface area (TPSA) is 53.0 Å². The fourth-order valence-corrected chi connectivity index (χ4v) is 3.82. The van der Waals surface area contributed by atoms with Crippen molar-refractivity contribution in [1.29, 1.82) is 0 Å². The molecule has 3 rings (SSSR count). The number of anilines is 1. The molecule has 0 atom stereocenters. The molecule has 0 radical (unpaired) electrons. The highest BCUT2D eigenvalue weighted by Crippen LogP contribution is 2.35. The van der Waals surface area contributed by atoms with E-state index in [1.165, 1.54) is 6.07 Å². The van der Waals surface area contributed by atoms with Crippen LogP contribution in [-0.4, -0.2) is 47.9 Å². The zero-order chi connectivity index (χ0) is 18.9. The molecular formula is C20H29FN2O3. The molecule has 1 aromatic rings. The second kappa shape index (κ2) is 7.33. The number of aromatic hydroxyl groups is 1. The minimum absolute atomic E-state index is 0.217. The predicted octanol–water partition coefficient (Wildman–Crippen LogP) is 4.00. The van der Waals surface area contributed by atoms with Crippen molar-refractivity contribution in [2.24, 2.45) is 11.8 Å². The van der Waals surface area contributed by atoms with Crippen molar-refractivity contribution in [2.75, 3.05) is 31.1 Å². The van der Waals surface area contributed by atoms with Crippen molar-refractivity contribution in [3.63, 3.8) is 0 Å². The number of amides is 1. The van der Waals surface area contributed by atoms with Gasteiger partial charge in [-0.05, 0) is 64.0 Å². The Labute approximate surface area is 154 Å². The summed E-state index contributed by atoms with van der Waals surface area (Å²) in [4.78, 5) is 15.9. The van der Waals surface area contributed by atoms with Gasteiger partial charge in [0, 0.05) is 26.2 Å². The Morgan fingerprint density at radius 1 is 1.23 bits per heavy atom. The molecule has 0 aliphatic carbocycles. The van der Waals surface area contributed by atoms with Gasteiger partial charge in [-0.1, -0.05) is 6.07 Å². The van der Waals surface area contributed by atoms with Crippen LogP contribution >= 0.6 is 0 Å². The zero-order valence-electron chi connectivity index (χ0n) is 15.9. The minimum atomic E-state index is -0.531. The normalized spacial score (nSPS) is 19.4. The number of ether oxygens (including phenoxy) is 1. The number of carbonyl (C=O) groups is 1. The summed E-state index contributed by atoms with van der Waals surface area (Å²) in [6.45, 7) is 8.80. The third kappa shape index (κ3) is 4.40. The number of phenols is 1. The SMILES string of the molecule is CC(C)(C)OC(=O)N1CCC(CC2CN(c3cccc(O)c3F)C2)CC1. The molecule has 5 nitrogen and oxygen atoms in total. The van der Waals surface area contributed by atoms with Gasteiger partial charge in [-0.25, -0.2) is 9.18 Å². The van der Waals surface area contributed by atoms with Crippen molar-refractivity contribution in [1.82, 2.24) is 4.90 Å². The van der Waals surface area contributed by atoms with Crippen LogP contribution in [-0.2, 0) is 4.74 Å². The van der Waals surface area contributed by atoms with E-state index in [1.807, 2.05) is 25.7 Å². The third-order valence-electron chi connectivity index (χ3n) is 5.19. The lowest BCUT2D eigenvalue weighted by Crippen LogP contribution is -2.49. The molecule has 1 N–H and O–H groups in total. The number of piperidine rings is 1. The molecule has 1 aromatic carbocycles. The predicted molar refractivity (Wildman–Crippen MR) is 98.9 cm³/mol. The summed E-state index contributed by atoms with van der Waals surface area (Å²) < 4.78 is 19.4. The number of hydrogen-bond donors (Lipinski definition) is 1. The molecule has 6 heteroatoms. The second-order valence-electron chi connectivity index (χ2n) is 8.53.